The topological polar surface area (TPSA) is 60.7 Å². The molecular formula is C15H12BrN3O. The van der Waals surface area contributed by atoms with E-state index in [1.54, 1.807) is 0 Å². The number of nitrogens with zero attached hydrogens (tertiary/aromatic N) is 2. The molecule has 0 radical (unpaired) electrons. The Morgan fingerprint density at radius 1 is 1.05 bits per heavy atom. The van der Waals surface area contributed by atoms with Crippen LogP contribution >= 0.6 is 15.9 Å². The van der Waals surface area contributed by atoms with E-state index in [9.17, 15) is 5.11 Å². The molecule has 2 aromatic carbocycles. The highest BCUT2D eigenvalue weighted by atomic mass is 79.9. The van der Waals surface area contributed by atoms with Crippen LogP contribution in [0.25, 0.3) is 10.9 Å². The number of benzene rings is 2. The molecule has 2 N–H and O–H groups in total. The van der Waals surface area contributed by atoms with Crippen LogP contribution in [-0.4, -0.2) is 10.1 Å². The molecule has 1 heterocycles. The van der Waals surface area contributed by atoms with Gasteiger partial charge in [0, 0.05) is 9.86 Å². The van der Waals surface area contributed by atoms with Gasteiger partial charge in [0.25, 0.3) is 0 Å². The van der Waals surface area contributed by atoms with Crippen LogP contribution in [0, 0.1) is 6.92 Å². The third-order valence-electron chi connectivity index (χ3n) is 3.01. The van der Waals surface area contributed by atoms with Gasteiger partial charge in [-0.15, -0.1) is 5.11 Å². The molecule has 0 aliphatic carbocycles. The minimum Gasteiger partial charge on any atom is -0.493 e. The number of rotatable bonds is 2. The zero-order valence-corrected chi connectivity index (χ0v) is 12.3. The van der Waals surface area contributed by atoms with E-state index in [2.05, 4.69) is 31.1 Å². The summed E-state index contributed by atoms with van der Waals surface area (Å²) in [5.74, 6) is 0.0222. The highest BCUT2D eigenvalue weighted by Gasteiger charge is 2.10. The summed E-state index contributed by atoms with van der Waals surface area (Å²) in [5, 5.41) is 19.1. The fraction of sp³-hybridized carbons (Fsp3) is 0.0667. The fourth-order valence-corrected chi connectivity index (χ4v) is 2.32. The van der Waals surface area contributed by atoms with E-state index in [1.165, 1.54) is 5.56 Å². The minimum atomic E-state index is 0.0222. The lowest BCUT2D eigenvalue weighted by Crippen LogP contribution is -1.69. The summed E-state index contributed by atoms with van der Waals surface area (Å²) < 4.78 is 0.927. The van der Waals surface area contributed by atoms with E-state index in [0.29, 0.717) is 5.69 Å². The van der Waals surface area contributed by atoms with Crippen molar-refractivity contribution in [3.05, 3.63) is 52.5 Å². The van der Waals surface area contributed by atoms with Crippen molar-refractivity contribution >= 4 is 38.2 Å². The van der Waals surface area contributed by atoms with E-state index >= 15 is 0 Å². The Labute approximate surface area is 124 Å². The maximum absolute atomic E-state index is 9.92. The first kappa shape index (κ1) is 12.9. The monoisotopic (exact) mass is 329 g/mol. The van der Waals surface area contributed by atoms with Gasteiger partial charge in [0.2, 0.25) is 5.88 Å². The number of hydrogen-bond acceptors (Lipinski definition) is 3. The van der Waals surface area contributed by atoms with Gasteiger partial charge in [-0.05, 0) is 37.3 Å². The van der Waals surface area contributed by atoms with Crippen LogP contribution in [0.15, 0.2) is 57.2 Å². The number of H-pyrrole nitrogens is 1. The molecule has 4 nitrogen and oxygen atoms in total. The Balaban J connectivity index is 2.03. The predicted octanol–water partition coefficient (Wildman–Crippen LogP) is 5.36. The highest BCUT2D eigenvalue weighted by Crippen LogP contribution is 2.37. The van der Waals surface area contributed by atoms with Crippen molar-refractivity contribution in [2.75, 3.05) is 0 Å². The molecule has 0 aliphatic rings. The Hall–Kier alpha value is -2.14. The average Bonchev–Trinajstić information content (AvgIpc) is 2.73. The summed E-state index contributed by atoms with van der Waals surface area (Å²) in [6, 6.07) is 13.4. The summed E-state index contributed by atoms with van der Waals surface area (Å²) in [5.41, 5.74) is 3.19. The Bertz CT molecular complexity index is 791. The molecule has 0 aliphatic heterocycles. The van der Waals surface area contributed by atoms with Gasteiger partial charge in [-0.2, -0.15) is 5.11 Å². The number of aromatic nitrogens is 1. The van der Waals surface area contributed by atoms with E-state index in [0.717, 1.165) is 21.1 Å². The van der Waals surface area contributed by atoms with Gasteiger partial charge in [-0.1, -0.05) is 33.6 Å². The van der Waals surface area contributed by atoms with Gasteiger partial charge in [0.15, 0.2) is 5.69 Å². The minimum absolute atomic E-state index is 0.0222. The summed E-state index contributed by atoms with van der Waals surface area (Å²) in [7, 11) is 0. The van der Waals surface area contributed by atoms with Crippen molar-refractivity contribution in [2.24, 2.45) is 10.2 Å². The van der Waals surface area contributed by atoms with Crippen molar-refractivity contribution in [2.45, 2.75) is 6.92 Å². The van der Waals surface area contributed by atoms with Crippen molar-refractivity contribution < 1.29 is 5.11 Å². The summed E-state index contributed by atoms with van der Waals surface area (Å²) in [4.78, 5) is 2.88. The van der Waals surface area contributed by atoms with Crippen molar-refractivity contribution in [1.82, 2.24) is 4.98 Å². The van der Waals surface area contributed by atoms with Crippen molar-refractivity contribution in [3.8, 4) is 5.88 Å². The maximum atomic E-state index is 9.92. The molecular weight excluding hydrogens is 318 g/mol. The second-order valence-electron chi connectivity index (χ2n) is 4.55. The third kappa shape index (κ3) is 2.44. The van der Waals surface area contributed by atoms with Gasteiger partial charge in [0.1, 0.15) is 0 Å². The van der Waals surface area contributed by atoms with E-state index in [4.69, 9.17) is 0 Å². The van der Waals surface area contributed by atoms with Gasteiger partial charge in [0.05, 0.1) is 11.2 Å². The van der Waals surface area contributed by atoms with E-state index in [-0.39, 0.29) is 5.88 Å². The largest absolute Gasteiger partial charge is 0.493 e. The second kappa shape index (κ2) is 5.09. The lowest BCUT2D eigenvalue weighted by molar-refractivity contribution is 0.459. The number of aromatic amines is 1. The zero-order valence-electron chi connectivity index (χ0n) is 10.8. The Kier molecular flexibility index (Phi) is 3.28. The van der Waals surface area contributed by atoms with Gasteiger partial charge in [-0.25, -0.2) is 0 Å². The SMILES string of the molecule is Cc1ccc(N=Nc2c(O)[nH]c3ccc(Br)cc23)cc1. The molecule has 100 valence electrons. The first-order valence-corrected chi connectivity index (χ1v) is 6.91. The quantitative estimate of drug-likeness (QED) is 0.611. The molecule has 1 aromatic heterocycles. The summed E-state index contributed by atoms with van der Waals surface area (Å²) in [6.07, 6.45) is 0. The number of fused-ring (bicyclic) bond motifs is 1. The molecule has 0 saturated heterocycles. The van der Waals surface area contributed by atoms with E-state index in [1.807, 2.05) is 49.4 Å². The normalized spacial score (nSPS) is 11.5. The maximum Gasteiger partial charge on any atom is 0.218 e. The number of nitrogens with one attached hydrogen (secondary N) is 1. The standard InChI is InChI=1S/C15H12BrN3O/c1-9-2-5-11(6-3-9)18-19-14-12-8-10(16)4-7-13(12)17-15(14)20/h2-8,17,20H,1H3. The van der Waals surface area contributed by atoms with Gasteiger partial charge >= 0.3 is 0 Å². The molecule has 0 unspecified atom stereocenters. The number of aryl methyl sites for hydroxylation is 1. The Morgan fingerprint density at radius 3 is 2.55 bits per heavy atom. The highest BCUT2D eigenvalue weighted by molar-refractivity contribution is 9.10. The lowest BCUT2D eigenvalue weighted by Gasteiger charge is -1.95. The second-order valence-corrected chi connectivity index (χ2v) is 5.46. The van der Waals surface area contributed by atoms with Crippen molar-refractivity contribution in [1.29, 1.82) is 0 Å². The summed E-state index contributed by atoms with van der Waals surface area (Å²) >= 11 is 3.41. The molecule has 0 atom stereocenters. The molecule has 20 heavy (non-hydrogen) atoms. The van der Waals surface area contributed by atoms with Crippen molar-refractivity contribution in [3.63, 3.8) is 0 Å². The van der Waals surface area contributed by atoms with Crippen LogP contribution < -0.4 is 0 Å². The zero-order chi connectivity index (χ0) is 14.1. The molecule has 0 saturated carbocycles. The number of azo groups is 1. The number of hydrogen-bond donors (Lipinski definition) is 2. The molecule has 3 aromatic rings. The summed E-state index contributed by atoms with van der Waals surface area (Å²) in [6.45, 7) is 2.02. The fourth-order valence-electron chi connectivity index (χ4n) is 1.96. The van der Waals surface area contributed by atoms with Gasteiger partial charge < -0.3 is 10.1 Å². The number of aromatic hydroxyl groups is 1. The predicted molar refractivity (Wildman–Crippen MR) is 83.0 cm³/mol. The first-order chi connectivity index (χ1) is 9.63. The van der Waals surface area contributed by atoms with Crippen LogP contribution in [-0.2, 0) is 0 Å². The lowest BCUT2D eigenvalue weighted by atomic mass is 10.2. The Morgan fingerprint density at radius 2 is 1.80 bits per heavy atom. The molecule has 5 heteroatoms. The van der Waals surface area contributed by atoms with Crippen LogP contribution in [0.4, 0.5) is 11.4 Å². The molecule has 0 fully saturated rings. The smallest absolute Gasteiger partial charge is 0.218 e. The van der Waals surface area contributed by atoms with Gasteiger partial charge in [-0.3, -0.25) is 0 Å². The van der Waals surface area contributed by atoms with Crippen LogP contribution in [0.3, 0.4) is 0 Å². The molecule has 0 bridgehead atoms. The first-order valence-electron chi connectivity index (χ1n) is 6.12. The van der Waals surface area contributed by atoms with Crippen LogP contribution in [0.1, 0.15) is 5.56 Å². The molecule has 3 rings (SSSR count). The van der Waals surface area contributed by atoms with Crippen LogP contribution in [0.2, 0.25) is 0 Å². The molecule has 0 spiro atoms. The van der Waals surface area contributed by atoms with Crippen LogP contribution in [0.5, 0.6) is 5.88 Å². The van der Waals surface area contributed by atoms with E-state index < -0.39 is 0 Å². The third-order valence-corrected chi connectivity index (χ3v) is 3.51. The average molecular weight is 330 g/mol. The molecule has 0 amide bonds. The number of halogens is 1.